The molecule has 0 unspecified atom stereocenters. The van der Waals surface area contributed by atoms with E-state index >= 15 is 0 Å². The van der Waals surface area contributed by atoms with E-state index in [4.69, 9.17) is 9.97 Å². The molecule has 5 nitrogen and oxygen atoms in total. The van der Waals surface area contributed by atoms with Gasteiger partial charge >= 0.3 is 0 Å². The topological polar surface area (TPSA) is 45.2 Å². The lowest BCUT2D eigenvalue weighted by atomic mass is 10.1. The van der Waals surface area contributed by atoms with Gasteiger partial charge in [0.05, 0.1) is 5.52 Å². The number of hydrogen-bond acceptors (Lipinski definition) is 5. The lowest BCUT2D eigenvalue weighted by Crippen LogP contribution is -2.46. The van der Waals surface area contributed by atoms with Crippen LogP contribution in [0.3, 0.4) is 0 Å². The Morgan fingerprint density at radius 1 is 0.781 bits per heavy atom. The van der Waals surface area contributed by atoms with E-state index in [0.29, 0.717) is 0 Å². The maximum atomic E-state index is 5.08. The minimum atomic E-state index is 0.868. The van der Waals surface area contributed by atoms with E-state index in [1.807, 2.05) is 18.3 Å². The zero-order valence-corrected chi connectivity index (χ0v) is 18.2. The van der Waals surface area contributed by atoms with Gasteiger partial charge in [-0.3, -0.25) is 9.88 Å². The molecular formula is C27H27N5. The zero-order valence-electron chi connectivity index (χ0n) is 18.2. The average Bonchev–Trinajstić information content (AvgIpc) is 3.34. The zero-order chi connectivity index (χ0) is 21.3. The molecule has 0 atom stereocenters. The minimum absolute atomic E-state index is 0.868. The Balaban J connectivity index is 1.22. The lowest BCUT2D eigenvalue weighted by Gasteiger charge is -2.36. The molecule has 3 heterocycles. The first-order valence-electron chi connectivity index (χ1n) is 11.6. The molecule has 32 heavy (non-hydrogen) atoms. The van der Waals surface area contributed by atoms with Gasteiger partial charge < -0.3 is 4.90 Å². The summed E-state index contributed by atoms with van der Waals surface area (Å²) < 4.78 is 0. The largest absolute Gasteiger partial charge is 0.354 e. The van der Waals surface area contributed by atoms with E-state index < -0.39 is 0 Å². The molecule has 0 radical (unpaired) electrons. The van der Waals surface area contributed by atoms with Crippen molar-refractivity contribution in [2.75, 3.05) is 31.1 Å². The fourth-order valence-corrected chi connectivity index (χ4v) is 5.05. The number of rotatable bonds is 4. The predicted molar refractivity (Wildman–Crippen MR) is 129 cm³/mol. The van der Waals surface area contributed by atoms with Crippen molar-refractivity contribution in [3.8, 4) is 11.4 Å². The van der Waals surface area contributed by atoms with E-state index in [9.17, 15) is 0 Å². The number of pyridine rings is 1. The smallest absolute Gasteiger partial charge is 0.161 e. The second-order valence-electron chi connectivity index (χ2n) is 8.77. The maximum Gasteiger partial charge on any atom is 0.161 e. The Labute approximate surface area is 188 Å². The number of fused-ring (bicyclic) bond motifs is 2. The van der Waals surface area contributed by atoms with Gasteiger partial charge in [0.2, 0.25) is 0 Å². The van der Waals surface area contributed by atoms with E-state index in [2.05, 4.69) is 63.3 Å². The molecule has 2 aromatic heterocycles. The van der Waals surface area contributed by atoms with Gasteiger partial charge in [0.1, 0.15) is 5.82 Å². The van der Waals surface area contributed by atoms with E-state index in [-0.39, 0.29) is 0 Å². The van der Waals surface area contributed by atoms with Crippen molar-refractivity contribution in [1.29, 1.82) is 0 Å². The number of aryl methyl sites for hydroxylation is 1. The molecule has 2 aromatic carbocycles. The van der Waals surface area contributed by atoms with Crippen LogP contribution in [0.25, 0.3) is 22.3 Å². The third-order valence-electron chi connectivity index (χ3n) is 6.75. The van der Waals surface area contributed by atoms with Gasteiger partial charge in [0.25, 0.3) is 0 Å². The molecule has 160 valence electrons. The monoisotopic (exact) mass is 421 g/mol. The molecule has 1 aliphatic heterocycles. The summed E-state index contributed by atoms with van der Waals surface area (Å²) >= 11 is 0. The first-order chi connectivity index (χ1) is 15.8. The summed E-state index contributed by atoms with van der Waals surface area (Å²) in [5, 5.41) is 1.26. The van der Waals surface area contributed by atoms with Gasteiger partial charge in [-0.2, -0.15) is 0 Å². The first-order valence-corrected chi connectivity index (χ1v) is 11.6. The highest BCUT2D eigenvalue weighted by atomic mass is 15.3. The molecule has 2 aliphatic rings. The molecule has 0 saturated carbocycles. The molecule has 1 aliphatic carbocycles. The number of hydrogen-bond donors (Lipinski definition) is 0. The van der Waals surface area contributed by atoms with Crippen LogP contribution in [-0.4, -0.2) is 46.0 Å². The molecule has 1 saturated heterocycles. The molecule has 4 aromatic rings. The minimum Gasteiger partial charge on any atom is -0.354 e. The molecule has 0 N–H and O–H groups in total. The predicted octanol–water partition coefficient (Wildman–Crippen LogP) is 4.50. The highest BCUT2D eigenvalue weighted by Crippen LogP contribution is 2.32. The van der Waals surface area contributed by atoms with Crippen molar-refractivity contribution >= 4 is 16.7 Å². The van der Waals surface area contributed by atoms with Crippen molar-refractivity contribution < 1.29 is 0 Å². The molecule has 0 amide bonds. The third kappa shape index (κ3) is 3.63. The van der Waals surface area contributed by atoms with Crippen molar-refractivity contribution in [3.05, 3.63) is 83.7 Å². The van der Waals surface area contributed by atoms with Crippen molar-refractivity contribution in [1.82, 2.24) is 19.9 Å². The van der Waals surface area contributed by atoms with Crippen LogP contribution in [0.4, 0.5) is 5.82 Å². The van der Waals surface area contributed by atoms with Crippen molar-refractivity contribution in [2.45, 2.75) is 25.8 Å². The Kier molecular flexibility index (Phi) is 5.04. The number of benzene rings is 2. The van der Waals surface area contributed by atoms with Gasteiger partial charge in [-0.1, -0.05) is 48.5 Å². The fraction of sp³-hybridized carbons (Fsp3) is 0.296. The van der Waals surface area contributed by atoms with Gasteiger partial charge in [0.15, 0.2) is 5.82 Å². The van der Waals surface area contributed by atoms with Gasteiger partial charge in [0, 0.05) is 61.1 Å². The molecule has 0 bridgehead atoms. The Morgan fingerprint density at radius 2 is 1.66 bits per heavy atom. The van der Waals surface area contributed by atoms with Gasteiger partial charge in [-0.05, 0) is 37.0 Å². The normalized spacial score (nSPS) is 16.4. The fourth-order valence-electron chi connectivity index (χ4n) is 5.05. The molecule has 5 heteroatoms. The van der Waals surface area contributed by atoms with Crippen molar-refractivity contribution in [2.24, 2.45) is 0 Å². The first kappa shape index (κ1) is 19.4. The Hall–Kier alpha value is -3.31. The quantitative estimate of drug-likeness (QED) is 0.485. The van der Waals surface area contributed by atoms with Crippen LogP contribution in [0.1, 0.15) is 23.2 Å². The molecule has 0 spiro atoms. The van der Waals surface area contributed by atoms with Crippen LogP contribution in [0.5, 0.6) is 0 Å². The van der Waals surface area contributed by atoms with Crippen LogP contribution in [0.2, 0.25) is 0 Å². The highest BCUT2D eigenvalue weighted by Gasteiger charge is 2.26. The van der Waals surface area contributed by atoms with Crippen molar-refractivity contribution in [3.63, 3.8) is 0 Å². The summed E-state index contributed by atoms with van der Waals surface area (Å²) in [4.78, 5) is 19.6. The Morgan fingerprint density at radius 3 is 2.53 bits per heavy atom. The second-order valence-corrected chi connectivity index (χ2v) is 8.77. The van der Waals surface area contributed by atoms with E-state index in [1.54, 1.807) is 0 Å². The molecule has 6 rings (SSSR count). The molecule has 1 fully saturated rings. The SMILES string of the molecule is c1ccc(-c2nc3c(c(N4CCN(Cc5cccc6ncccc56)CC4)n2)CCC3)cc1. The number of piperazine rings is 1. The second kappa shape index (κ2) is 8.32. The maximum absolute atomic E-state index is 5.08. The summed E-state index contributed by atoms with van der Waals surface area (Å²) in [5.74, 6) is 2.03. The summed E-state index contributed by atoms with van der Waals surface area (Å²) in [6.07, 6.45) is 5.22. The third-order valence-corrected chi connectivity index (χ3v) is 6.75. The average molecular weight is 422 g/mol. The lowest BCUT2D eigenvalue weighted by molar-refractivity contribution is 0.250. The van der Waals surface area contributed by atoms with Gasteiger partial charge in [-0.25, -0.2) is 9.97 Å². The number of aromatic nitrogens is 3. The van der Waals surface area contributed by atoms with Crippen LogP contribution in [0, 0.1) is 0 Å². The van der Waals surface area contributed by atoms with Crippen LogP contribution < -0.4 is 4.90 Å². The number of nitrogens with zero attached hydrogens (tertiary/aromatic N) is 5. The summed E-state index contributed by atoms with van der Waals surface area (Å²) in [5.41, 5.74) is 6.16. The van der Waals surface area contributed by atoms with E-state index in [1.165, 1.54) is 34.4 Å². The van der Waals surface area contributed by atoms with Crippen LogP contribution >= 0.6 is 0 Å². The number of anilines is 1. The van der Waals surface area contributed by atoms with Crippen LogP contribution in [0.15, 0.2) is 66.9 Å². The summed E-state index contributed by atoms with van der Waals surface area (Å²) in [7, 11) is 0. The van der Waals surface area contributed by atoms with E-state index in [0.717, 1.165) is 62.5 Å². The van der Waals surface area contributed by atoms with Gasteiger partial charge in [-0.15, -0.1) is 0 Å². The standard InChI is InChI=1S/C27H27N5/c1-2-7-20(8-3-1)26-29-25-13-5-10-23(25)27(30-26)32-17-15-31(16-18-32)19-21-9-4-12-24-22(21)11-6-14-28-24/h1-4,6-9,11-12,14H,5,10,13,15-19H2. The summed E-state index contributed by atoms with van der Waals surface area (Å²) in [6.45, 7) is 5.04. The van der Waals surface area contributed by atoms with Crippen LogP contribution in [-0.2, 0) is 19.4 Å². The molecular weight excluding hydrogens is 394 g/mol. The summed E-state index contributed by atoms with van der Waals surface area (Å²) in [6, 6.07) is 21.1. The highest BCUT2D eigenvalue weighted by molar-refractivity contribution is 5.81. The Bertz CT molecular complexity index is 1240.